The first-order valence-electron chi connectivity index (χ1n) is 6.82. The van der Waals surface area contributed by atoms with Crippen LogP contribution in [0.5, 0.6) is 0 Å². The minimum absolute atomic E-state index is 0.107. The summed E-state index contributed by atoms with van der Waals surface area (Å²) in [5.74, 6) is 0.422. The lowest BCUT2D eigenvalue weighted by Crippen LogP contribution is -2.23. The Kier molecular flexibility index (Phi) is 3.95. The average Bonchev–Trinajstić information content (AvgIpc) is 2.85. The first kappa shape index (κ1) is 14.1. The molecule has 1 fully saturated rings. The molecule has 0 bridgehead atoms. The number of benzene rings is 1. The molecule has 2 N–H and O–H groups in total. The highest BCUT2D eigenvalue weighted by molar-refractivity contribution is 9.10. The van der Waals surface area contributed by atoms with Crippen LogP contribution in [0.1, 0.15) is 24.4 Å². The fourth-order valence-electron chi connectivity index (χ4n) is 2.56. The quantitative estimate of drug-likeness (QED) is 0.906. The highest BCUT2D eigenvalue weighted by Crippen LogP contribution is 2.31. The Morgan fingerprint density at radius 1 is 1.38 bits per heavy atom. The Labute approximate surface area is 131 Å². The number of nitrogens with two attached hydrogens (primary N) is 1. The first-order chi connectivity index (χ1) is 10.2. The summed E-state index contributed by atoms with van der Waals surface area (Å²) in [7, 11) is 0. The Balaban J connectivity index is 2.05. The Bertz CT molecular complexity index is 681. The summed E-state index contributed by atoms with van der Waals surface area (Å²) in [6.45, 7) is 1.37. The fourth-order valence-corrected chi connectivity index (χ4v) is 2.83. The van der Waals surface area contributed by atoms with Gasteiger partial charge < -0.3 is 10.5 Å². The normalized spacial score (nSPS) is 18.4. The maximum atomic E-state index is 9.40. The van der Waals surface area contributed by atoms with E-state index >= 15 is 0 Å². The molecule has 1 aliphatic heterocycles. The van der Waals surface area contributed by atoms with Crippen LogP contribution in [0.3, 0.4) is 0 Å². The van der Waals surface area contributed by atoms with E-state index < -0.39 is 0 Å². The van der Waals surface area contributed by atoms with Gasteiger partial charge >= 0.3 is 0 Å². The van der Waals surface area contributed by atoms with Crippen molar-refractivity contribution in [1.82, 2.24) is 9.78 Å². The molecular weight excluding hydrogens is 332 g/mol. The van der Waals surface area contributed by atoms with E-state index in [1.807, 2.05) is 24.3 Å². The van der Waals surface area contributed by atoms with Crippen molar-refractivity contribution in [3.63, 3.8) is 0 Å². The summed E-state index contributed by atoms with van der Waals surface area (Å²) in [4.78, 5) is 0. The molecule has 1 aromatic heterocycles. The third-order valence-corrected chi connectivity index (χ3v) is 4.19. The number of halogens is 1. The van der Waals surface area contributed by atoms with E-state index in [1.54, 1.807) is 4.68 Å². The zero-order chi connectivity index (χ0) is 14.8. The third kappa shape index (κ3) is 2.67. The molecule has 1 saturated heterocycles. The molecule has 6 heteroatoms. The zero-order valence-electron chi connectivity index (χ0n) is 11.4. The minimum Gasteiger partial charge on any atom is -0.383 e. The molecule has 0 spiro atoms. The smallest absolute Gasteiger partial charge is 0.140 e. The third-order valence-electron chi connectivity index (χ3n) is 3.66. The lowest BCUT2D eigenvalue weighted by molar-refractivity contribution is 0.0558. The van der Waals surface area contributed by atoms with Gasteiger partial charge in [0.1, 0.15) is 23.1 Å². The van der Waals surface area contributed by atoms with Crippen molar-refractivity contribution in [3.8, 4) is 17.3 Å². The van der Waals surface area contributed by atoms with Crippen LogP contribution < -0.4 is 5.73 Å². The van der Waals surface area contributed by atoms with Crippen molar-refractivity contribution in [2.45, 2.75) is 18.9 Å². The molecule has 0 saturated carbocycles. The van der Waals surface area contributed by atoms with Crippen LogP contribution in [-0.4, -0.2) is 23.0 Å². The van der Waals surface area contributed by atoms with E-state index in [4.69, 9.17) is 10.5 Å². The summed E-state index contributed by atoms with van der Waals surface area (Å²) in [6.07, 6.45) is 1.95. The number of nitrogen functional groups attached to an aromatic ring is 1. The first-order valence-corrected chi connectivity index (χ1v) is 7.61. The van der Waals surface area contributed by atoms with Gasteiger partial charge in [-0.15, -0.1) is 0 Å². The van der Waals surface area contributed by atoms with Gasteiger partial charge in [0.2, 0.25) is 0 Å². The SMILES string of the molecule is N#Cc1c(-c2ccc(Br)cc2)nn(C2CCCOC2)c1N. The molecular formula is C15H15BrN4O. The van der Waals surface area contributed by atoms with E-state index in [9.17, 15) is 5.26 Å². The van der Waals surface area contributed by atoms with Crippen LogP contribution in [0.25, 0.3) is 11.3 Å². The predicted octanol–water partition coefficient (Wildman–Crippen LogP) is 3.12. The molecule has 1 unspecified atom stereocenters. The van der Waals surface area contributed by atoms with E-state index in [2.05, 4.69) is 27.1 Å². The average molecular weight is 347 g/mol. The Hall–Kier alpha value is -1.84. The highest BCUT2D eigenvalue weighted by Gasteiger charge is 2.24. The molecule has 21 heavy (non-hydrogen) atoms. The predicted molar refractivity (Wildman–Crippen MR) is 83.6 cm³/mol. The molecule has 3 rings (SSSR count). The van der Waals surface area contributed by atoms with Gasteiger partial charge in [-0.3, -0.25) is 0 Å². The zero-order valence-corrected chi connectivity index (χ0v) is 13.0. The molecule has 2 aromatic rings. The van der Waals surface area contributed by atoms with Crippen LogP contribution in [0, 0.1) is 11.3 Å². The van der Waals surface area contributed by atoms with Gasteiger partial charge in [0, 0.05) is 16.6 Å². The van der Waals surface area contributed by atoms with E-state index in [1.165, 1.54) is 0 Å². The second-order valence-electron chi connectivity index (χ2n) is 5.04. The molecule has 5 nitrogen and oxygen atoms in total. The Morgan fingerprint density at radius 3 is 2.76 bits per heavy atom. The fraction of sp³-hybridized carbons (Fsp3) is 0.333. The summed E-state index contributed by atoms with van der Waals surface area (Å²) in [5, 5.41) is 14.0. The van der Waals surface area contributed by atoms with Crippen LogP contribution in [0.15, 0.2) is 28.7 Å². The summed E-state index contributed by atoms with van der Waals surface area (Å²) < 4.78 is 8.22. The molecule has 0 radical (unpaired) electrons. The standard InChI is InChI=1S/C15H15BrN4O/c16-11-5-3-10(4-6-11)14-13(8-17)15(18)20(19-14)12-2-1-7-21-9-12/h3-6,12H,1-2,7,9,18H2. The number of aromatic nitrogens is 2. The molecule has 1 atom stereocenters. The van der Waals surface area contributed by atoms with Crippen molar-refractivity contribution in [3.05, 3.63) is 34.3 Å². The van der Waals surface area contributed by atoms with Gasteiger partial charge in [-0.25, -0.2) is 4.68 Å². The largest absolute Gasteiger partial charge is 0.383 e. The van der Waals surface area contributed by atoms with Gasteiger partial charge in [0.25, 0.3) is 0 Å². The van der Waals surface area contributed by atoms with Crippen LogP contribution >= 0.6 is 15.9 Å². The van der Waals surface area contributed by atoms with E-state index in [-0.39, 0.29) is 6.04 Å². The van der Waals surface area contributed by atoms with Crippen molar-refractivity contribution in [2.75, 3.05) is 18.9 Å². The van der Waals surface area contributed by atoms with Crippen LogP contribution in [0.4, 0.5) is 5.82 Å². The van der Waals surface area contributed by atoms with Crippen LogP contribution in [-0.2, 0) is 4.74 Å². The summed E-state index contributed by atoms with van der Waals surface area (Å²) in [5.41, 5.74) is 8.08. The lowest BCUT2D eigenvalue weighted by atomic mass is 10.1. The number of ether oxygens (including phenoxy) is 1. The van der Waals surface area contributed by atoms with Crippen molar-refractivity contribution >= 4 is 21.7 Å². The number of nitriles is 1. The molecule has 1 aliphatic rings. The second-order valence-corrected chi connectivity index (χ2v) is 5.96. The number of rotatable bonds is 2. The monoisotopic (exact) mass is 346 g/mol. The van der Waals surface area contributed by atoms with Gasteiger partial charge in [-0.05, 0) is 25.0 Å². The lowest BCUT2D eigenvalue weighted by Gasteiger charge is -2.23. The van der Waals surface area contributed by atoms with Gasteiger partial charge in [-0.1, -0.05) is 28.1 Å². The number of hydrogen-bond donors (Lipinski definition) is 1. The minimum atomic E-state index is 0.107. The topological polar surface area (TPSA) is 76.9 Å². The second kappa shape index (κ2) is 5.88. The molecule has 108 valence electrons. The van der Waals surface area contributed by atoms with Crippen molar-refractivity contribution in [1.29, 1.82) is 5.26 Å². The maximum absolute atomic E-state index is 9.40. The molecule has 1 aromatic carbocycles. The van der Waals surface area contributed by atoms with Crippen molar-refractivity contribution in [2.24, 2.45) is 0 Å². The van der Waals surface area contributed by atoms with Crippen LogP contribution in [0.2, 0.25) is 0 Å². The van der Waals surface area contributed by atoms with Gasteiger partial charge in [-0.2, -0.15) is 10.4 Å². The molecule has 0 aliphatic carbocycles. The highest BCUT2D eigenvalue weighted by atomic mass is 79.9. The molecule has 0 amide bonds. The molecule has 2 heterocycles. The summed E-state index contributed by atoms with van der Waals surface area (Å²) in [6, 6.07) is 9.98. The maximum Gasteiger partial charge on any atom is 0.140 e. The Morgan fingerprint density at radius 2 is 2.14 bits per heavy atom. The van der Waals surface area contributed by atoms with Gasteiger partial charge in [0.05, 0.1) is 12.6 Å². The van der Waals surface area contributed by atoms with Gasteiger partial charge in [0.15, 0.2) is 0 Å². The number of hydrogen-bond acceptors (Lipinski definition) is 4. The number of anilines is 1. The van der Waals surface area contributed by atoms with E-state index in [0.29, 0.717) is 23.7 Å². The summed E-state index contributed by atoms with van der Waals surface area (Å²) >= 11 is 3.40. The van der Waals surface area contributed by atoms with Crippen molar-refractivity contribution < 1.29 is 4.74 Å². The van der Waals surface area contributed by atoms with E-state index in [0.717, 1.165) is 29.5 Å². The number of nitrogens with zero attached hydrogens (tertiary/aromatic N) is 3.